The van der Waals surface area contributed by atoms with Gasteiger partial charge in [-0.05, 0) is 48.1 Å². The van der Waals surface area contributed by atoms with E-state index in [0.29, 0.717) is 6.54 Å². The van der Waals surface area contributed by atoms with Crippen LogP contribution in [0.4, 0.5) is 5.69 Å². The summed E-state index contributed by atoms with van der Waals surface area (Å²) in [6.07, 6.45) is 0. The zero-order valence-electron chi connectivity index (χ0n) is 12.8. The van der Waals surface area contributed by atoms with E-state index in [2.05, 4.69) is 10.6 Å². The van der Waals surface area contributed by atoms with Crippen molar-refractivity contribution in [3.05, 3.63) is 48.0 Å². The van der Waals surface area contributed by atoms with Gasteiger partial charge >= 0.3 is 0 Å². The number of aromatic hydroxyl groups is 1. The highest BCUT2D eigenvalue weighted by atomic mass is 32.2. The number of hydrogen-bond donors (Lipinski definition) is 4. The number of rotatable bonds is 5. The fourth-order valence-corrected chi connectivity index (χ4v) is 2.61. The molecule has 5 N–H and O–H groups in total. The fraction of sp³-hybridized carbons (Fsp3) is 0.133. The Bertz CT molecular complexity index is 836. The maximum absolute atomic E-state index is 11.4. The van der Waals surface area contributed by atoms with E-state index in [-0.39, 0.29) is 21.4 Å². The number of anilines is 1. The van der Waals surface area contributed by atoms with Crippen LogP contribution in [0.5, 0.6) is 11.5 Å². The summed E-state index contributed by atoms with van der Waals surface area (Å²) in [6.45, 7) is 0.450. The zero-order valence-corrected chi connectivity index (χ0v) is 14.4. The first kappa shape index (κ1) is 18.0. The molecule has 7 nitrogen and oxygen atoms in total. The van der Waals surface area contributed by atoms with E-state index in [9.17, 15) is 13.5 Å². The number of sulfonamides is 1. The van der Waals surface area contributed by atoms with Gasteiger partial charge in [0.05, 0.1) is 17.7 Å². The van der Waals surface area contributed by atoms with Gasteiger partial charge in [-0.3, -0.25) is 0 Å². The van der Waals surface area contributed by atoms with Crippen LogP contribution in [0.2, 0.25) is 0 Å². The van der Waals surface area contributed by atoms with Crippen molar-refractivity contribution < 1.29 is 18.3 Å². The molecular formula is C15H17N3O4S2. The molecule has 0 saturated carbocycles. The standard InChI is InChI=1S/C15H17N3O4S2/c1-22-11-4-2-10(3-5-11)9-17-15(23)18-13-8-12(24(16,20)21)6-7-14(13)19/h2-8,19H,9H2,1H3,(H2,16,20,21)(H2,17,18,23). The Balaban J connectivity index is 2.01. The Morgan fingerprint density at radius 2 is 1.92 bits per heavy atom. The van der Waals surface area contributed by atoms with Crippen molar-refractivity contribution >= 4 is 33.0 Å². The van der Waals surface area contributed by atoms with Gasteiger partial charge in [0.15, 0.2) is 5.11 Å². The summed E-state index contributed by atoms with van der Waals surface area (Å²) >= 11 is 5.14. The molecule has 2 rings (SSSR count). The Labute approximate surface area is 145 Å². The average Bonchev–Trinajstić information content (AvgIpc) is 2.54. The smallest absolute Gasteiger partial charge is 0.238 e. The highest BCUT2D eigenvalue weighted by Crippen LogP contribution is 2.25. The maximum atomic E-state index is 11.4. The van der Waals surface area contributed by atoms with Crippen LogP contribution >= 0.6 is 12.2 Å². The fourth-order valence-electron chi connectivity index (χ4n) is 1.88. The van der Waals surface area contributed by atoms with Gasteiger partial charge in [0.1, 0.15) is 11.5 Å². The number of nitrogens with two attached hydrogens (primary N) is 1. The lowest BCUT2D eigenvalue weighted by Gasteiger charge is -2.13. The summed E-state index contributed by atoms with van der Waals surface area (Å²) in [5, 5.41) is 20.8. The van der Waals surface area contributed by atoms with Crippen molar-refractivity contribution in [2.24, 2.45) is 5.14 Å². The average molecular weight is 367 g/mol. The second-order valence-electron chi connectivity index (χ2n) is 4.88. The van der Waals surface area contributed by atoms with Crippen LogP contribution in [0, 0.1) is 0 Å². The molecule has 24 heavy (non-hydrogen) atoms. The largest absolute Gasteiger partial charge is 0.506 e. The lowest BCUT2D eigenvalue weighted by Crippen LogP contribution is -2.28. The first-order chi connectivity index (χ1) is 11.3. The molecule has 0 fully saturated rings. The number of primary sulfonamides is 1. The Hall–Kier alpha value is -2.36. The van der Waals surface area contributed by atoms with Gasteiger partial charge in [0.25, 0.3) is 0 Å². The number of ether oxygens (including phenoxy) is 1. The number of methoxy groups -OCH3 is 1. The molecule has 0 aliphatic carbocycles. The zero-order chi connectivity index (χ0) is 17.7. The van der Waals surface area contributed by atoms with Gasteiger partial charge in [-0.2, -0.15) is 0 Å². The monoisotopic (exact) mass is 367 g/mol. The van der Waals surface area contributed by atoms with Crippen molar-refractivity contribution in [2.45, 2.75) is 11.4 Å². The molecule has 0 radical (unpaired) electrons. The molecule has 0 amide bonds. The molecule has 9 heteroatoms. The summed E-state index contributed by atoms with van der Waals surface area (Å²) in [5.74, 6) is 0.611. The lowest BCUT2D eigenvalue weighted by atomic mass is 10.2. The van der Waals surface area contributed by atoms with Crippen LogP contribution in [0.3, 0.4) is 0 Å². The first-order valence-electron chi connectivity index (χ1n) is 6.83. The third-order valence-corrected chi connectivity index (χ3v) is 4.31. The van der Waals surface area contributed by atoms with E-state index in [1.807, 2.05) is 24.3 Å². The summed E-state index contributed by atoms with van der Waals surface area (Å²) < 4.78 is 27.8. The molecule has 0 heterocycles. The molecule has 0 aliphatic rings. The first-order valence-corrected chi connectivity index (χ1v) is 8.78. The maximum Gasteiger partial charge on any atom is 0.238 e. The van der Waals surface area contributed by atoms with Crippen LogP contribution < -0.4 is 20.5 Å². The molecule has 0 unspecified atom stereocenters. The minimum Gasteiger partial charge on any atom is -0.506 e. The van der Waals surface area contributed by atoms with E-state index < -0.39 is 10.0 Å². The number of hydrogen-bond acceptors (Lipinski definition) is 5. The lowest BCUT2D eigenvalue weighted by molar-refractivity contribution is 0.414. The summed E-state index contributed by atoms with van der Waals surface area (Å²) in [7, 11) is -2.27. The third kappa shape index (κ3) is 4.82. The van der Waals surface area contributed by atoms with Crippen LogP contribution in [-0.4, -0.2) is 25.7 Å². The van der Waals surface area contributed by atoms with Crippen LogP contribution in [0.15, 0.2) is 47.4 Å². The van der Waals surface area contributed by atoms with Gasteiger partial charge in [0.2, 0.25) is 10.0 Å². The normalized spacial score (nSPS) is 10.9. The third-order valence-electron chi connectivity index (χ3n) is 3.16. The molecule has 2 aromatic rings. The number of phenols is 1. The van der Waals surface area contributed by atoms with E-state index in [0.717, 1.165) is 11.3 Å². The minimum atomic E-state index is -3.87. The number of nitrogens with one attached hydrogen (secondary N) is 2. The molecular weight excluding hydrogens is 350 g/mol. The van der Waals surface area contributed by atoms with E-state index in [4.69, 9.17) is 22.1 Å². The molecule has 2 aromatic carbocycles. The van der Waals surface area contributed by atoms with Crippen LogP contribution in [-0.2, 0) is 16.6 Å². The molecule has 0 bridgehead atoms. The highest BCUT2D eigenvalue weighted by molar-refractivity contribution is 7.89. The summed E-state index contributed by atoms with van der Waals surface area (Å²) in [5.41, 5.74) is 1.12. The Morgan fingerprint density at radius 3 is 2.50 bits per heavy atom. The predicted molar refractivity (Wildman–Crippen MR) is 95.5 cm³/mol. The van der Waals surface area contributed by atoms with Crippen molar-refractivity contribution in [3.63, 3.8) is 0 Å². The minimum absolute atomic E-state index is 0.124. The van der Waals surface area contributed by atoms with Crippen molar-refractivity contribution in [1.29, 1.82) is 0 Å². The highest BCUT2D eigenvalue weighted by Gasteiger charge is 2.12. The van der Waals surface area contributed by atoms with Crippen LogP contribution in [0.1, 0.15) is 5.56 Å². The quantitative estimate of drug-likeness (QED) is 0.468. The molecule has 0 atom stereocenters. The van der Waals surface area contributed by atoms with Gasteiger partial charge in [-0.1, -0.05) is 12.1 Å². The Morgan fingerprint density at radius 1 is 1.25 bits per heavy atom. The topological polar surface area (TPSA) is 114 Å². The molecule has 0 saturated heterocycles. The van der Waals surface area contributed by atoms with Crippen molar-refractivity contribution in [2.75, 3.05) is 12.4 Å². The van der Waals surface area contributed by atoms with Crippen molar-refractivity contribution in [1.82, 2.24) is 5.32 Å². The number of thiocarbonyl (C=S) groups is 1. The number of benzene rings is 2. The second-order valence-corrected chi connectivity index (χ2v) is 6.85. The van der Waals surface area contributed by atoms with Gasteiger partial charge < -0.3 is 20.5 Å². The van der Waals surface area contributed by atoms with Crippen LogP contribution in [0.25, 0.3) is 0 Å². The Kier molecular flexibility index (Phi) is 5.60. The van der Waals surface area contributed by atoms with Crippen molar-refractivity contribution in [3.8, 4) is 11.5 Å². The van der Waals surface area contributed by atoms with Gasteiger partial charge in [-0.15, -0.1) is 0 Å². The van der Waals surface area contributed by atoms with Gasteiger partial charge in [-0.25, -0.2) is 13.6 Å². The van der Waals surface area contributed by atoms with E-state index in [1.54, 1.807) is 7.11 Å². The molecule has 0 spiro atoms. The molecule has 0 aromatic heterocycles. The van der Waals surface area contributed by atoms with E-state index in [1.165, 1.54) is 18.2 Å². The van der Waals surface area contributed by atoms with E-state index >= 15 is 0 Å². The summed E-state index contributed by atoms with van der Waals surface area (Å²) in [4.78, 5) is -0.124. The molecule has 0 aliphatic heterocycles. The predicted octanol–water partition coefficient (Wildman–Crippen LogP) is 1.53. The SMILES string of the molecule is COc1ccc(CNC(=S)Nc2cc(S(N)(=O)=O)ccc2O)cc1. The second kappa shape index (κ2) is 7.47. The summed E-state index contributed by atoms with van der Waals surface area (Å²) in [6, 6.07) is 11.1. The number of phenolic OH excluding ortho intramolecular Hbond substituents is 1. The van der Waals surface area contributed by atoms with Gasteiger partial charge in [0, 0.05) is 6.54 Å². The molecule has 128 valence electrons.